The molecule has 158 valence electrons. The number of hydrogen-bond acceptors (Lipinski definition) is 6. The Morgan fingerprint density at radius 1 is 1.03 bits per heavy atom. The normalized spacial score (nSPS) is 20.5. The van der Waals surface area contributed by atoms with Gasteiger partial charge < -0.3 is 24.3 Å². The lowest BCUT2D eigenvalue weighted by Gasteiger charge is -2.23. The van der Waals surface area contributed by atoms with E-state index in [4.69, 9.17) is 18.9 Å². The zero-order chi connectivity index (χ0) is 21.1. The largest absolute Gasteiger partial charge is 0.497 e. The first-order chi connectivity index (χ1) is 14.5. The molecule has 1 atom stereocenters. The van der Waals surface area contributed by atoms with Crippen molar-refractivity contribution in [1.82, 2.24) is 10.2 Å². The third-order valence-corrected chi connectivity index (χ3v) is 5.24. The highest BCUT2D eigenvalue weighted by atomic mass is 16.5. The average Bonchev–Trinajstić information content (AvgIpc) is 2.92. The van der Waals surface area contributed by atoms with Crippen LogP contribution >= 0.6 is 0 Å². The molecule has 8 nitrogen and oxygen atoms in total. The fourth-order valence-corrected chi connectivity index (χ4v) is 3.50. The summed E-state index contributed by atoms with van der Waals surface area (Å²) in [5.74, 6) is 2.24. The van der Waals surface area contributed by atoms with E-state index >= 15 is 0 Å². The molecule has 2 heterocycles. The molecule has 2 aliphatic rings. The van der Waals surface area contributed by atoms with E-state index in [1.807, 2.05) is 0 Å². The third-order valence-electron chi connectivity index (χ3n) is 5.24. The summed E-state index contributed by atoms with van der Waals surface area (Å²) in [6.07, 6.45) is 0.791. The van der Waals surface area contributed by atoms with Crippen LogP contribution in [0.3, 0.4) is 0 Å². The molecular weight excluding hydrogens is 388 g/mol. The van der Waals surface area contributed by atoms with E-state index in [-0.39, 0.29) is 19.1 Å². The molecule has 2 aliphatic heterocycles. The van der Waals surface area contributed by atoms with Crippen LogP contribution in [0.4, 0.5) is 4.79 Å². The summed E-state index contributed by atoms with van der Waals surface area (Å²) in [4.78, 5) is 26.8. The van der Waals surface area contributed by atoms with Crippen molar-refractivity contribution in [2.45, 2.75) is 18.9 Å². The van der Waals surface area contributed by atoms with Crippen LogP contribution in [0.15, 0.2) is 42.5 Å². The topological polar surface area (TPSA) is 86.3 Å². The van der Waals surface area contributed by atoms with Crippen molar-refractivity contribution < 1.29 is 28.5 Å². The quantitative estimate of drug-likeness (QED) is 0.735. The molecule has 8 heteroatoms. The van der Waals surface area contributed by atoms with Gasteiger partial charge >= 0.3 is 6.03 Å². The van der Waals surface area contributed by atoms with Gasteiger partial charge in [-0.05, 0) is 48.9 Å². The molecule has 2 aromatic rings. The number of amides is 3. The van der Waals surface area contributed by atoms with Crippen LogP contribution in [0.25, 0.3) is 0 Å². The first-order valence-corrected chi connectivity index (χ1v) is 9.82. The lowest BCUT2D eigenvalue weighted by Crippen LogP contribution is -2.41. The molecule has 0 aromatic heterocycles. The van der Waals surface area contributed by atoms with Gasteiger partial charge in [0.15, 0.2) is 11.5 Å². The highest BCUT2D eigenvalue weighted by Crippen LogP contribution is 2.36. The molecule has 2 aromatic carbocycles. The second kappa shape index (κ2) is 8.14. The summed E-state index contributed by atoms with van der Waals surface area (Å²) in [6, 6.07) is 12.0. The van der Waals surface area contributed by atoms with Crippen LogP contribution in [0, 0.1) is 0 Å². The molecule has 1 saturated heterocycles. The zero-order valence-electron chi connectivity index (χ0n) is 17.0. The van der Waals surface area contributed by atoms with Crippen molar-refractivity contribution in [3.63, 3.8) is 0 Å². The molecule has 4 rings (SSSR count). The molecule has 0 spiro atoms. The number of nitrogens with zero attached hydrogens (tertiary/aromatic N) is 1. The maximum Gasteiger partial charge on any atom is 0.325 e. The molecule has 30 heavy (non-hydrogen) atoms. The van der Waals surface area contributed by atoms with Gasteiger partial charge in [-0.15, -0.1) is 0 Å². The summed E-state index contributed by atoms with van der Waals surface area (Å²) in [5.41, 5.74) is -0.536. The van der Waals surface area contributed by atoms with E-state index in [9.17, 15) is 9.59 Å². The first-order valence-electron chi connectivity index (χ1n) is 9.82. The van der Waals surface area contributed by atoms with Crippen LogP contribution in [-0.2, 0) is 10.3 Å². The molecule has 1 N–H and O–H groups in total. The number of benzene rings is 2. The Balaban J connectivity index is 1.44. The van der Waals surface area contributed by atoms with Crippen molar-refractivity contribution in [1.29, 1.82) is 0 Å². The predicted octanol–water partition coefficient (Wildman–Crippen LogP) is 2.70. The Morgan fingerprint density at radius 3 is 2.47 bits per heavy atom. The van der Waals surface area contributed by atoms with Crippen LogP contribution < -0.4 is 24.3 Å². The van der Waals surface area contributed by atoms with E-state index < -0.39 is 11.6 Å². The van der Waals surface area contributed by atoms with Crippen molar-refractivity contribution in [3.05, 3.63) is 48.0 Å². The van der Waals surface area contributed by atoms with Gasteiger partial charge in [-0.3, -0.25) is 9.69 Å². The molecule has 0 unspecified atom stereocenters. The van der Waals surface area contributed by atoms with Crippen molar-refractivity contribution >= 4 is 11.9 Å². The Kier molecular flexibility index (Phi) is 5.39. The van der Waals surface area contributed by atoms with Gasteiger partial charge in [0.25, 0.3) is 5.91 Å². The van der Waals surface area contributed by atoms with Gasteiger partial charge in [-0.25, -0.2) is 4.79 Å². The molecule has 0 radical (unpaired) electrons. The van der Waals surface area contributed by atoms with E-state index in [1.54, 1.807) is 56.5 Å². The number of hydrogen-bond donors (Lipinski definition) is 1. The minimum Gasteiger partial charge on any atom is -0.497 e. The molecule has 0 saturated carbocycles. The number of nitrogens with one attached hydrogen (secondary N) is 1. The SMILES string of the molecule is COc1ccc(OCCN2C(=O)N[C@@](C)(c3ccc4c(c3)OCCCO4)C2=O)cc1. The Hall–Kier alpha value is -3.42. The Morgan fingerprint density at radius 2 is 1.73 bits per heavy atom. The number of carbonyl (C=O) groups excluding carboxylic acids is 2. The van der Waals surface area contributed by atoms with Gasteiger partial charge in [0.1, 0.15) is 23.6 Å². The second-order valence-electron chi connectivity index (χ2n) is 7.25. The Bertz CT molecular complexity index is 945. The van der Waals surface area contributed by atoms with Gasteiger partial charge in [0, 0.05) is 6.42 Å². The monoisotopic (exact) mass is 412 g/mol. The fraction of sp³-hybridized carbons (Fsp3) is 0.364. The summed E-state index contributed by atoms with van der Waals surface area (Å²) in [6.45, 7) is 3.14. The fourth-order valence-electron chi connectivity index (χ4n) is 3.50. The highest BCUT2D eigenvalue weighted by Gasteiger charge is 2.49. The van der Waals surface area contributed by atoms with Gasteiger partial charge in [-0.2, -0.15) is 0 Å². The second-order valence-corrected chi connectivity index (χ2v) is 7.25. The maximum atomic E-state index is 13.1. The highest BCUT2D eigenvalue weighted by molar-refractivity contribution is 6.07. The summed E-state index contributed by atoms with van der Waals surface area (Å²) >= 11 is 0. The third kappa shape index (κ3) is 3.72. The summed E-state index contributed by atoms with van der Waals surface area (Å²) in [5, 5.41) is 2.80. The van der Waals surface area contributed by atoms with Gasteiger partial charge in [0.05, 0.1) is 26.9 Å². The van der Waals surface area contributed by atoms with E-state index in [0.717, 1.165) is 12.2 Å². The minimum absolute atomic E-state index is 0.136. The van der Waals surface area contributed by atoms with Crippen LogP contribution in [0.1, 0.15) is 18.9 Å². The number of ether oxygens (including phenoxy) is 4. The van der Waals surface area contributed by atoms with E-state index in [0.29, 0.717) is 36.0 Å². The lowest BCUT2D eigenvalue weighted by atomic mass is 9.91. The maximum absolute atomic E-state index is 13.1. The first kappa shape index (κ1) is 19.9. The zero-order valence-corrected chi connectivity index (χ0v) is 17.0. The molecule has 0 aliphatic carbocycles. The smallest absolute Gasteiger partial charge is 0.325 e. The predicted molar refractivity (Wildman–Crippen MR) is 108 cm³/mol. The number of carbonyl (C=O) groups is 2. The van der Waals surface area contributed by atoms with E-state index in [2.05, 4.69) is 5.32 Å². The molecule has 0 bridgehead atoms. The molecular formula is C22H24N2O6. The van der Waals surface area contributed by atoms with Gasteiger partial charge in [-0.1, -0.05) is 6.07 Å². The lowest BCUT2D eigenvalue weighted by molar-refractivity contribution is -0.131. The van der Waals surface area contributed by atoms with Crippen LogP contribution in [-0.4, -0.2) is 50.3 Å². The standard InChI is InChI=1S/C22H24N2O6/c1-22(15-4-9-18-19(14-15)30-12-3-11-29-18)20(25)24(21(26)23-22)10-13-28-17-7-5-16(27-2)6-8-17/h4-9,14H,3,10-13H2,1-2H3,(H,23,26)/t22-/m0/s1. The number of fused-ring (bicyclic) bond motifs is 1. The van der Waals surface area contributed by atoms with E-state index in [1.165, 1.54) is 4.90 Å². The minimum atomic E-state index is -1.18. The molecule has 1 fully saturated rings. The van der Waals surface area contributed by atoms with Crippen LogP contribution in [0.5, 0.6) is 23.0 Å². The Labute approximate surface area is 174 Å². The van der Waals surface area contributed by atoms with Gasteiger partial charge in [0.2, 0.25) is 0 Å². The number of methoxy groups -OCH3 is 1. The number of urea groups is 1. The summed E-state index contributed by atoms with van der Waals surface area (Å²) < 4.78 is 22.1. The van der Waals surface area contributed by atoms with Crippen molar-refractivity contribution in [2.75, 3.05) is 33.5 Å². The number of rotatable bonds is 6. The number of imide groups is 1. The van der Waals surface area contributed by atoms with Crippen molar-refractivity contribution in [3.8, 4) is 23.0 Å². The van der Waals surface area contributed by atoms with Crippen molar-refractivity contribution in [2.24, 2.45) is 0 Å². The molecule has 3 amide bonds. The average molecular weight is 412 g/mol. The van der Waals surface area contributed by atoms with Crippen LogP contribution in [0.2, 0.25) is 0 Å². The summed E-state index contributed by atoms with van der Waals surface area (Å²) in [7, 11) is 1.59.